The minimum Gasteiger partial charge on any atom is -0.355 e. The zero-order chi connectivity index (χ0) is 19.0. The summed E-state index contributed by atoms with van der Waals surface area (Å²) in [6, 6.07) is 0. The highest BCUT2D eigenvalue weighted by atomic mass is 32.2. The molecule has 0 spiro atoms. The smallest absolute Gasteiger partial charge is 0.167 e. The van der Waals surface area contributed by atoms with Gasteiger partial charge in [0.2, 0.25) is 0 Å². The summed E-state index contributed by atoms with van der Waals surface area (Å²) in [5, 5.41) is 2.22. The third-order valence-electron chi connectivity index (χ3n) is 5.55. The lowest BCUT2D eigenvalue weighted by molar-refractivity contribution is 0.363. The predicted octanol–water partition coefficient (Wildman–Crippen LogP) is 3.43. The first-order chi connectivity index (χ1) is 12.9. The first-order valence-corrected chi connectivity index (χ1v) is 10.5. The number of hydrogen-bond donors (Lipinski definition) is 2. The van der Waals surface area contributed by atoms with Crippen LogP contribution in [0.15, 0.2) is 35.1 Å². The van der Waals surface area contributed by atoms with Crippen LogP contribution in [0.4, 0.5) is 11.6 Å². The summed E-state index contributed by atoms with van der Waals surface area (Å²) < 4.78 is 0. The number of piperidine rings is 1. The Morgan fingerprint density at radius 2 is 2.15 bits per heavy atom. The number of rotatable bonds is 3. The standard InChI is InChI=1S/C20H28N6S/c1-14-7-5-4-6-8-15(14)27-19-17-18(24-25(19)3)23-16(13-22-17)26-11-9-20(2,21)10-12-26/h5-6,8,13-14,19H,7,9-12,21H2,1-3H3,(H,23,24). The fourth-order valence-corrected chi connectivity index (χ4v) is 4.83. The van der Waals surface area contributed by atoms with Gasteiger partial charge in [-0.15, -0.1) is 17.5 Å². The van der Waals surface area contributed by atoms with E-state index in [0.29, 0.717) is 5.92 Å². The normalized spacial score (nSPS) is 27.1. The quantitative estimate of drug-likeness (QED) is 0.774. The van der Waals surface area contributed by atoms with Crippen molar-refractivity contribution in [1.29, 1.82) is 0 Å². The van der Waals surface area contributed by atoms with Crippen LogP contribution in [0.25, 0.3) is 0 Å². The third-order valence-corrected chi connectivity index (χ3v) is 7.13. The van der Waals surface area contributed by atoms with Crippen LogP contribution in [-0.2, 0) is 0 Å². The van der Waals surface area contributed by atoms with Gasteiger partial charge in [-0.05, 0) is 55.2 Å². The van der Waals surface area contributed by atoms with E-state index in [9.17, 15) is 0 Å². The van der Waals surface area contributed by atoms with E-state index in [1.165, 1.54) is 4.91 Å². The van der Waals surface area contributed by atoms with Crippen molar-refractivity contribution in [2.24, 2.45) is 11.7 Å². The molecule has 2 atom stereocenters. The van der Waals surface area contributed by atoms with Crippen molar-refractivity contribution in [3.05, 3.63) is 40.8 Å². The van der Waals surface area contributed by atoms with Crippen molar-refractivity contribution in [3.63, 3.8) is 0 Å². The summed E-state index contributed by atoms with van der Waals surface area (Å²) in [5.74, 6) is 2.29. The minimum absolute atomic E-state index is 0.0622. The molecule has 0 amide bonds. The Balaban J connectivity index is 1.52. The number of nitrogens with two attached hydrogens (primary N) is 1. The molecule has 1 saturated heterocycles. The Bertz CT molecular complexity index is 801. The summed E-state index contributed by atoms with van der Waals surface area (Å²) in [6.07, 6.45) is 11.2. The van der Waals surface area contributed by atoms with Crippen molar-refractivity contribution in [3.8, 4) is 0 Å². The summed E-state index contributed by atoms with van der Waals surface area (Å²) in [5.41, 5.74) is 13.8. The average molecular weight is 385 g/mol. The molecule has 0 aromatic carbocycles. The van der Waals surface area contributed by atoms with E-state index in [1.54, 1.807) is 0 Å². The molecular weight excluding hydrogens is 356 g/mol. The molecular formula is C20H28N6S. The van der Waals surface area contributed by atoms with Crippen molar-refractivity contribution >= 4 is 23.4 Å². The first-order valence-electron chi connectivity index (χ1n) is 9.61. The van der Waals surface area contributed by atoms with E-state index in [4.69, 9.17) is 15.7 Å². The molecule has 1 fully saturated rings. The summed E-state index contributed by atoms with van der Waals surface area (Å²) in [7, 11) is 2.05. The SMILES string of the molecule is CC1CC=C=CC=C1SC1c2ncc(N3CCC(C)(N)CC3)nc2NN1C. The molecule has 2 aliphatic heterocycles. The van der Waals surface area contributed by atoms with E-state index >= 15 is 0 Å². The highest BCUT2D eigenvalue weighted by Gasteiger charge is 2.34. The maximum absolute atomic E-state index is 6.26. The van der Waals surface area contributed by atoms with Gasteiger partial charge in [0.15, 0.2) is 5.82 Å². The van der Waals surface area contributed by atoms with Crippen LogP contribution in [-0.4, -0.2) is 40.7 Å². The average Bonchev–Trinajstić information content (AvgIpc) is 2.79. The lowest BCUT2D eigenvalue weighted by Crippen LogP contribution is -2.48. The van der Waals surface area contributed by atoms with Gasteiger partial charge >= 0.3 is 0 Å². The third kappa shape index (κ3) is 3.92. The Hall–Kier alpha value is -1.79. The number of anilines is 2. The molecule has 1 aromatic heterocycles. The van der Waals surface area contributed by atoms with Gasteiger partial charge in [0.05, 0.1) is 6.20 Å². The molecule has 3 N–H and O–H groups in total. The molecule has 0 bridgehead atoms. The highest BCUT2D eigenvalue weighted by Crippen LogP contribution is 2.45. The molecule has 3 aliphatic rings. The number of allylic oxidation sites excluding steroid dienone is 3. The maximum Gasteiger partial charge on any atom is 0.167 e. The number of aromatic nitrogens is 2. The van der Waals surface area contributed by atoms with Crippen LogP contribution in [0.5, 0.6) is 0 Å². The van der Waals surface area contributed by atoms with Crippen LogP contribution in [0.3, 0.4) is 0 Å². The van der Waals surface area contributed by atoms with Gasteiger partial charge in [0, 0.05) is 25.7 Å². The van der Waals surface area contributed by atoms with E-state index in [1.807, 2.05) is 24.0 Å². The zero-order valence-electron chi connectivity index (χ0n) is 16.3. The fraction of sp³-hybridized carbons (Fsp3) is 0.550. The minimum atomic E-state index is -0.0622. The number of hydrogen-bond acceptors (Lipinski definition) is 7. The number of nitrogens with one attached hydrogen (secondary N) is 1. The molecule has 144 valence electrons. The van der Waals surface area contributed by atoms with Crippen LogP contribution in [0, 0.1) is 5.92 Å². The van der Waals surface area contributed by atoms with E-state index in [2.05, 4.69) is 54.1 Å². The number of fused-ring (bicyclic) bond motifs is 1. The molecule has 6 nitrogen and oxygen atoms in total. The highest BCUT2D eigenvalue weighted by molar-refractivity contribution is 8.03. The van der Waals surface area contributed by atoms with E-state index in [0.717, 1.165) is 49.7 Å². The van der Waals surface area contributed by atoms with Crippen LogP contribution >= 0.6 is 11.8 Å². The zero-order valence-corrected chi connectivity index (χ0v) is 17.1. The maximum atomic E-state index is 6.26. The van der Waals surface area contributed by atoms with E-state index in [-0.39, 0.29) is 10.9 Å². The van der Waals surface area contributed by atoms with Gasteiger partial charge in [-0.3, -0.25) is 4.98 Å². The molecule has 0 radical (unpaired) electrons. The van der Waals surface area contributed by atoms with Gasteiger partial charge < -0.3 is 16.1 Å². The van der Waals surface area contributed by atoms with Crippen LogP contribution in [0.1, 0.15) is 44.2 Å². The van der Waals surface area contributed by atoms with Gasteiger partial charge in [-0.25, -0.2) is 9.99 Å². The van der Waals surface area contributed by atoms with E-state index < -0.39 is 0 Å². The second kappa shape index (κ2) is 7.32. The Kier molecular flexibility index (Phi) is 5.03. The van der Waals surface area contributed by atoms with Crippen molar-refractivity contribution in [2.75, 3.05) is 30.5 Å². The largest absolute Gasteiger partial charge is 0.355 e. The van der Waals surface area contributed by atoms with Crippen LogP contribution < -0.4 is 16.1 Å². The summed E-state index contributed by atoms with van der Waals surface area (Å²) in [6.45, 7) is 6.25. The molecule has 2 unspecified atom stereocenters. The number of hydrazine groups is 1. The lowest BCUT2D eigenvalue weighted by Gasteiger charge is -2.37. The molecule has 0 saturated carbocycles. The summed E-state index contributed by atoms with van der Waals surface area (Å²) >= 11 is 1.84. The molecule has 7 heteroatoms. The molecule has 27 heavy (non-hydrogen) atoms. The van der Waals surface area contributed by atoms with Crippen molar-refractivity contribution in [2.45, 2.75) is 44.0 Å². The van der Waals surface area contributed by atoms with Gasteiger partial charge in [0.1, 0.15) is 16.9 Å². The number of thioether (sulfide) groups is 1. The van der Waals surface area contributed by atoms with Crippen LogP contribution in [0.2, 0.25) is 0 Å². The van der Waals surface area contributed by atoms with Gasteiger partial charge in [-0.2, -0.15) is 0 Å². The Morgan fingerprint density at radius 3 is 2.93 bits per heavy atom. The second-order valence-electron chi connectivity index (χ2n) is 8.04. The van der Waals surface area contributed by atoms with Crippen molar-refractivity contribution in [1.82, 2.24) is 15.0 Å². The molecule has 1 aliphatic carbocycles. The molecule has 3 heterocycles. The Labute approximate surface area is 165 Å². The summed E-state index contributed by atoms with van der Waals surface area (Å²) in [4.78, 5) is 13.3. The second-order valence-corrected chi connectivity index (χ2v) is 9.19. The molecule has 4 rings (SSSR count). The Morgan fingerprint density at radius 1 is 1.37 bits per heavy atom. The predicted molar refractivity (Wildman–Crippen MR) is 112 cm³/mol. The lowest BCUT2D eigenvalue weighted by atomic mass is 9.91. The monoisotopic (exact) mass is 384 g/mol. The first kappa shape index (κ1) is 18.6. The topological polar surface area (TPSA) is 70.3 Å². The van der Waals surface area contributed by atoms with Gasteiger partial charge in [-0.1, -0.05) is 6.92 Å². The fourth-order valence-electron chi connectivity index (χ4n) is 3.60. The van der Waals surface area contributed by atoms with Gasteiger partial charge in [0.25, 0.3) is 0 Å². The van der Waals surface area contributed by atoms with Crippen molar-refractivity contribution < 1.29 is 0 Å². The number of nitrogens with zero attached hydrogens (tertiary/aromatic N) is 4. The molecule has 1 aromatic rings.